The van der Waals surface area contributed by atoms with Crippen LogP contribution in [-0.4, -0.2) is 18.4 Å². The molecule has 25 heavy (non-hydrogen) atoms. The summed E-state index contributed by atoms with van der Waals surface area (Å²) < 4.78 is 27.2. The fourth-order valence-corrected chi connectivity index (χ4v) is 3.35. The molecule has 2 heterocycles. The summed E-state index contributed by atoms with van der Waals surface area (Å²) in [7, 11) is -3.65. The van der Waals surface area contributed by atoms with Gasteiger partial charge in [0.05, 0.1) is 29.0 Å². The molecule has 128 valence electrons. The molecule has 0 fully saturated rings. The van der Waals surface area contributed by atoms with E-state index in [1.54, 1.807) is 42.7 Å². The van der Waals surface area contributed by atoms with Crippen LogP contribution in [0.5, 0.6) is 0 Å². The number of hydrogen-bond donors (Lipinski definition) is 2. The molecule has 0 unspecified atom stereocenters. The number of hydrogen-bond acceptors (Lipinski definition) is 5. The normalized spacial score (nSPS) is 11.1. The van der Waals surface area contributed by atoms with Gasteiger partial charge in [-0.05, 0) is 48.9 Å². The van der Waals surface area contributed by atoms with Crippen LogP contribution >= 0.6 is 0 Å². The largest absolute Gasteiger partial charge is 0.378 e. The van der Waals surface area contributed by atoms with Crippen molar-refractivity contribution in [2.24, 2.45) is 0 Å². The Bertz CT molecular complexity index is 942. The maximum Gasteiger partial charge on any atom is 0.263 e. The molecule has 0 saturated carbocycles. The topological polar surface area (TPSA) is 84.0 Å². The van der Waals surface area contributed by atoms with Crippen molar-refractivity contribution in [2.45, 2.75) is 18.4 Å². The van der Waals surface area contributed by atoms with Crippen LogP contribution in [0.25, 0.3) is 0 Å². The number of rotatable bonds is 6. The molecule has 0 saturated heterocycles. The zero-order chi connectivity index (χ0) is 17.7. The van der Waals surface area contributed by atoms with Gasteiger partial charge in [-0.25, -0.2) is 13.4 Å². The summed E-state index contributed by atoms with van der Waals surface area (Å²) in [5.74, 6) is 0.268. The Morgan fingerprint density at radius 2 is 1.88 bits per heavy atom. The van der Waals surface area contributed by atoms with E-state index >= 15 is 0 Å². The van der Waals surface area contributed by atoms with Crippen molar-refractivity contribution < 1.29 is 8.42 Å². The molecule has 2 N–H and O–H groups in total. The van der Waals surface area contributed by atoms with E-state index in [4.69, 9.17) is 0 Å². The highest BCUT2D eigenvalue weighted by Gasteiger charge is 2.14. The third-order valence-corrected chi connectivity index (χ3v) is 4.85. The highest BCUT2D eigenvalue weighted by Crippen LogP contribution is 2.17. The summed E-state index contributed by atoms with van der Waals surface area (Å²) in [6, 6.07) is 15.8. The summed E-state index contributed by atoms with van der Waals surface area (Å²) in [4.78, 5) is 8.59. The van der Waals surface area contributed by atoms with Crippen LogP contribution in [0, 0.1) is 6.92 Å². The number of benzene rings is 1. The minimum absolute atomic E-state index is 0.214. The Morgan fingerprint density at radius 3 is 2.56 bits per heavy atom. The fraction of sp³-hybridized carbons (Fsp3) is 0.111. The summed E-state index contributed by atoms with van der Waals surface area (Å²) >= 11 is 0. The molecule has 6 nitrogen and oxygen atoms in total. The number of nitrogens with one attached hydrogen (secondary N) is 2. The minimum Gasteiger partial charge on any atom is -0.378 e. The Morgan fingerprint density at radius 1 is 1.00 bits per heavy atom. The number of pyridine rings is 2. The molecule has 3 aromatic rings. The van der Waals surface area contributed by atoms with Crippen LogP contribution in [0.3, 0.4) is 0 Å². The van der Waals surface area contributed by atoms with Gasteiger partial charge in [0.15, 0.2) is 0 Å². The van der Waals surface area contributed by atoms with Gasteiger partial charge in [0.1, 0.15) is 5.82 Å². The van der Waals surface area contributed by atoms with Crippen LogP contribution in [0.2, 0.25) is 0 Å². The van der Waals surface area contributed by atoms with Gasteiger partial charge in [-0.2, -0.15) is 0 Å². The van der Waals surface area contributed by atoms with Crippen LogP contribution in [0.4, 0.5) is 11.5 Å². The highest BCUT2D eigenvalue weighted by molar-refractivity contribution is 7.92. The predicted molar refractivity (Wildman–Crippen MR) is 97.8 cm³/mol. The molecular formula is C18H18N4O2S. The summed E-state index contributed by atoms with van der Waals surface area (Å²) in [6.45, 7) is 2.41. The first kappa shape index (κ1) is 16.9. The molecule has 0 aliphatic heterocycles. The first-order chi connectivity index (χ1) is 12.0. The van der Waals surface area contributed by atoms with Crippen molar-refractivity contribution in [3.63, 3.8) is 0 Å². The summed E-state index contributed by atoms with van der Waals surface area (Å²) in [5, 5.41) is 3.19. The van der Waals surface area contributed by atoms with E-state index in [-0.39, 0.29) is 10.7 Å². The fourth-order valence-electron chi connectivity index (χ4n) is 2.23. The average molecular weight is 354 g/mol. The predicted octanol–water partition coefficient (Wildman–Crippen LogP) is 3.20. The number of sulfonamides is 1. The number of anilines is 2. The lowest BCUT2D eigenvalue weighted by atomic mass is 10.2. The Hall–Kier alpha value is -2.93. The second kappa shape index (κ2) is 7.31. The van der Waals surface area contributed by atoms with Crippen LogP contribution in [0.15, 0.2) is 71.9 Å². The monoisotopic (exact) mass is 354 g/mol. The van der Waals surface area contributed by atoms with E-state index in [0.29, 0.717) is 6.54 Å². The molecule has 0 aliphatic rings. The van der Waals surface area contributed by atoms with E-state index in [0.717, 1.165) is 16.9 Å². The number of nitrogens with zero attached hydrogens (tertiary/aromatic N) is 2. The molecule has 2 aromatic heterocycles. The highest BCUT2D eigenvalue weighted by atomic mass is 32.2. The van der Waals surface area contributed by atoms with Gasteiger partial charge < -0.3 is 5.32 Å². The van der Waals surface area contributed by atoms with Gasteiger partial charge in [-0.15, -0.1) is 0 Å². The van der Waals surface area contributed by atoms with Crippen molar-refractivity contribution >= 4 is 21.5 Å². The molecule has 3 rings (SSSR count). The maximum atomic E-state index is 12.4. The minimum atomic E-state index is -3.65. The Labute approximate surface area is 147 Å². The molecule has 0 spiro atoms. The number of aryl methyl sites for hydroxylation is 1. The zero-order valence-corrected chi connectivity index (χ0v) is 14.5. The maximum absolute atomic E-state index is 12.4. The smallest absolute Gasteiger partial charge is 0.263 e. The molecule has 0 aliphatic carbocycles. The van der Waals surface area contributed by atoms with E-state index in [1.165, 1.54) is 0 Å². The van der Waals surface area contributed by atoms with Crippen molar-refractivity contribution in [1.29, 1.82) is 0 Å². The first-order valence-corrected chi connectivity index (χ1v) is 9.20. The molecule has 0 bridgehead atoms. The van der Waals surface area contributed by atoms with Gasteiger partial charge >= 0.3 is 0 Å². The van der Waals surface area contributed by atoms with E-state index in [2.05, 4.69) is 20.0 Å². The van der Waals surface area contributed by atoms with Crippen molar-refractivity contribution in [2.75, 3.05) is 10.0 Å². The Kier molecular flexibility index (Phi) is 4.95. The lowest BCUT2D eigenvalue weighted by Crippen LogP contribution is -2.14. The molecule has 0 radical (unpaired) electrons. The van der Waals surface area contributed by atoms with Crippen LogP contribution < -0.4 is 10.0 Å². The second-order valence-electron chi connectivity index (χ2n) is 5.53. The van der Waals surface area contributed by atoms with Crippen molar-refractivity contribution in [1.82, 2.24) is 9.97 Å². The van der Waals surface area contributed by atoms with Crippen LogP contribution in [-0.2, 0) is 16.6 Å². The second-order valence-corrected chi connectivity index (χ2v) is 7.21. The molecule has 7 heteroatoms. The van der Waals surface area contributed by atoms with Crippen molar-refractivity contribution in [3.05, 3.63) is 78.2 Å². The average Bonchev–Trinajstić information content (AvgIpc) is 2.62. The van der Waals surface area contributed by atoms with E-state index in [9.17, 15) is 8.42 Å². The third-order valence-electron chi connectivity index (χ3n) is 3.50. The summed E-state index contributed by atoms with van der Waals surface area (Å²) in [6.07, 6.45) is 3.31. The lowest BCUT2D eigenvalue weighted by molar-refractivity contribution is 0.601. The molecular weight excluding hydrogens is 336 g/mol. The van der Waals surface area contributed by atoms with Gasteiger partial charge in [0.25, 0.3) is 10.0 Å². The lowest BCUT2D eigenvalue weighted by Gasteiger charge is -2.09. The standard InChI is InChI=1S/C18H18N4O2S/c1-14-5-4-7-17(11-14)25(23,24)22-18-9-8-16(13-21-18)20-12-15-6-2-3-10-19-15/h2-11,13,20H,12H2,1H3,(H,21,22). The SMILES string of the molecule is Cc1cccc(S(=O)(=O)Nc2ccc(NCc3ccccn3)cn2)c1. The van der Waals surface area contributed by atoms with Gasteiger partial charge in [0, 0.05) is 6.20 Å². The first-order valence-electron chi connectivity index (χ1n) is 7.72. The van der Waals surface area contributed by atoms with E-state index in [1.807, 2.05) is 31.2 Å². The van der Waals surface area contributed by atoms with Crippen LogP contribution in [0.1, 0.15) is 11.3 Å². The zero-order valence-electron chi connectivity index (χ0n) is 13.7. The van der Waals surface area contributed by atoms with E-state index < -0.39 is 10.0 Å². The summed E-state index contributed by atoms with van der Waals surface area (Å²) in [5.41, 5.74) is 2.57. The molecule has 0 amide bonds. The third kappa shape index (κ3) is 4.54. The quantitative estimate of drug-likeness (QED) is 0.710. The van der Waals surface area contributed by atoms with Gasteiger partial charge in [-0.1, -0.05) is 18.2 Å². The van der Waals surface area contributed by atoms with Gasteiger partial charge in [0.2, 0.25) is 0 Å². The van der Waals surface area contributed by atoms with Gasteiger partial charge in [-0.3, -0.25) is 9.71 Å². The van der Waals surface area contributed by atoms with Crippen molar-refractivity contribution in [3.8, 4) is 0 Å². The Balaban J connectivity index is 1.66. The number of aromatic nitrogens is 2. The molecule has 0 atom stereocenters. The molecule has 1 aromatic carbocycles.